The van der Waals surface area contributed by atoms with Gasteiger partial charge in [0.05, 0.1) is 24.1 Å². The van der Waals surface area contributed by atoms with E-state index < -0.39 is 30.4 Å². The van der Waals surface area contributed by atoms with E-state index in [1.165, 1.54) is 12.1 Å². The quantitative estimate of drug-likeness (QED) is 0.510. The van der Waals surface area contributed by atoms with E-state index in [4.69, 9.17) is 16.7 Å². The molecule has 1 heterocycles. The lowest BCUT2D eigenvalue weighted by Gasteiger charge is -2.15. The Morgan fingerprint density at radius 1 is 1.23 bits per heavy atom. The van der Waals surface area contributed by atoms with Crippen LogP contribution in [0.2, 0.25) is 5.02 Å². The highest BCUT2D eigenvalue weighted by molar-refractivity contribution is 6.31. The summed E-state index contributed by atoms with van der Waals surface area (Å²) in [5.41, 5.74) is 2.84. The number of rotatable bonds is 7. The first-order chi connectivity index (χ1) is 14.3. The molecule has 0 spiro atoms. The summed E-state index contributed by atoms with van der Waals surface area (Å²) in [6.45, 7) is 1.78. The van der Waals surface area contributed by atoms with Crippen molar-refractivity contribution in [3.8, 4) is 11.1 Å². The average Bonchev–Trinajstić information content (AvgIpc) is 2.66. The molecule has 5 nitrogen and oxygen atoms in total. The number of carboxylic acid groups (broad SMARTS) is 1. The fourth-order valence-electron chi connectivity index (χ4n) is 3.38. The number of carboxylic acids is 1. The first-order valence-electron chi connectivity index (χ1n) is 9.37. The van der Waals surface area contributed by atoms with Crippen LogP contribution in [0.4, 0.5) is 4.39 Å². The molecule has 0 aliphatic rings. The van der Waals surface area contributed by atoms with Crippen molar-refractivity contribution in [2.24, 2.45) is 0 Å². The number of pyridine rings is 1. The Bertz CT molecular complexity index is 1120. The minimum atomic E-state index is -1.18. The van der Waals surface area contributed by atoms with Crippen LogP contribution in [-0.2, 0) is 4.79 Å². The second-order valence-corrected chi connectivity index (χ2v) is 7.48. The van der Waals surface area contributed by atoms with Crippen LogP contribution in [0.5, 0.6) is 0 Å². The average molecular weight is 430 g/mol. The molecule has 1 aromatic heterocycles. The van der Waals surface area contributed by atoms with Crippen LogP contribution in [0.25, 0.3) is 28.1 Å². The lowest BCUT2D eigenvalue weighted by atomic mass is 9.93. The third-order valence-corrected chi connectivity index (χ3v) is 4.96. The van der Waals surface area contributed by atoms with Gasteiger partial charge in [0, 0.05) is 39.2 Å². The normalized spacial score (nSPS) is 13.6. The molecule has 2 unspecified atom stereocenters. The van der Waals surface area contributed by atoms with Gasteiger partial charge in [0.25, 0.3) is 0 Å². The van der Waals surface area contributed by atoms with Crippen LogP contribution in [0, 0.1) is 12.7 Å². The number of hydrogen-bond donors (Lipinski definition) is 3. The predicted molar refractivity (Wildman–Crippen MR) is 115 cm³/mol. The van der Waals surface area contributed by atoms with E-state index in [0.717, 1.165) is 0 Å². The largest absolute Gasteiger partial charge is 0.481 e. The highest BCUT2D eigenvalue weighted by Crippen LogP contribution is 2.36. The molecule has 0 fully saturated rings. The van der Waals surface area contributed by atoms with Gasteiger partial charge in [0.2, 0.25) is 0 Å². The molecule has 2 atom stereocenters. The van der Waals surface area contributed by atoms with Crippen LogP contribution < -0.4 is 0 Å². The van der Waals surface area contributed by atoms with Crippen LogP contribution >= 0.6 is 11.6 Å². The fraction of sp³-hybridized carbons (Fsp3) is 0.217. The van der Waals surface area contributed by atoms with Gasteiger partial charge in [-0.15, -0.1) is 0 Å². The maximum atomic E-state index is 14.7. The van der Waals surface area contributed by atoms with Gasteiger partial charge >= 0.3 is 5.97 Å². The number of hydrogen-bond acceptors (Lipinski definition) is 4. The first-order valence-corrected chi connectivity index (χ1v) is 9.75. The maximum absolute atomic E-state index is 14.7. The molecule has 30 heavy (non-hydrogen) atoms. The lowest BCUT2D eigenvalue weighted by Crippen LogP contribution is -2.19. The number of aliphatic carboxylic acids is 1. The number of aryl methyl sites for hydroxylation is 1. The van der Waals surface area contributed by atoms with E-state index in [1.807, 2.05) is 0 Å². The second-order valence-electron chi connectivity index (χ2n) is 7.04. The van der Waals surface area contributed by atoms with Crippen LogP contribution in [0.1, 0.15) is 24.1 Å². The van der Waals surface area contributed by atoms with Crippen molar-refractivity contribution >= 4 is 34.5 Å². The fourth-order valence-corrected chi connectivity index (χ4v) is 3.55. The summed E-state index contributed by atoms with van der Waals surface area (Å²) in [6, 6.07) is 11.6. The summed E-state index contributed by atoms with van der Waals surface area (Å²) in [6.07, 6.45) is 0.202. The molecule has 3 aromatic rings. The molecule has 0 bridgehead atoms. The Labute approximate surface area is 178 Å². The Hall–Kier alpha value is -2.80. The molecule has 3 N–H and O–H groups in total. The van der Waals surface area contributed by atoms with Gasteiger partial charge in [-0.25, -0.2) is 4.39 Å². The van der Waals surface area contributed by atoms with Gasteiger partial charge in [-0.05, 0) is 31.2 Å². The molecule has 0 radical (unpaired) electrons. The van der Waals surface area contributed by atoms with Crippen molar-refractivity contribution in [3.05, 3.63) is 70.6 Å². The Kier molecular flexibility index (Phi) is 6.82. The van der Waals surface area contributed by atoms with Crippen molar-refractivity contribution in [2.45, 2.75) is 32.0 Å². The summed E-state index contributed by atoms with van der Waals surface area (Å²) in [5.74, 6) is -1.55. The van der Waals surface area contributed by atoms with Gasteiger partial charge in [-0.1, -0.05) is 42.0 Å². The highest BCUT2D eigenvalue weighted by atomic mass is 35.5. The number of benzene rings is 2. The predicted octanol–water partition coefficient (Wildman–Crippen LogP) is 4.60. The van der Waals surface area contributed by atoms with E-state index in [-0.39, 0.29) is 6.42 Å². The van der Waals surface area contributed by atoms with E-state index in [0.29, 0.717) is 38.3 Å². The summed E-state index contributed by atoms with van der Waals surface area (Å²) in [4.78, 5) is 15.3. The van der Waals surface area contributed by atoms with Gasteiger partial charge < -0.3 is 15.3 Å². The highest BCUT2D eigenvalue weighted by Gasteiger charge is 2.17. The third kappa shape index (κ3) is 5.02. The molecular weight excluding hydrogens is 409 g/mol. The van der Waals surface area contributed by atoms with Crippen LogP contribution in [0.15, 0.2) is 48.5 Å². The molecule has 0 amide bonds. The van der Waals surface area contributed by atoms with Gasteiger partial charge in [0.1, 0.15) is 5.82 Å². The van der Waals surface area contributed by atoms with Gasteiger partial charge in [0.15, 0.2) is 0 Å². The number of carbonyl (C=O) groups is 1. The number of halogens is 2. The third-order valence-electron chi connectivity index (χ3n) is 4.73. The summed E-state index contributed by atoms with van der Waals surface area (Å²) >= 11 is 6.18. The number of aliphatic hydroxyl groups is 2. The number of fused-ring (bicyclic) bond motifs is 1. The van der Waals surface area contributed by atoms with Crippen molar-refractivity contribution in [2.75, 3.05) is 0 Å². The molecule has 0 saturated carbocycles. The topological polar surface area (TPSA) is 90.7 Å². The molecule has 0 aliphatic heterocycles. The maximum Gasteiger partial charge on any atom is 0.305 e. The monoisotopic (exact) mass is 429 g/mol. The Morgan fingerprint density at radius 2 is 1.97 bits per heavy atom. The van der Waals surface area contributed by atoms with E-state index >= 15 is 0 Å². The molecule has 3 rings (SSSR count). The van der Waals surface area contributed by atoms with Crippen LogP contribution in [-0.4, -0.2) is 38.5 Å². The van der Waals surface area contributed by atoms with Crippen molar-refractivity contribution in [1.29, 1.82) is 0 Å². The Balaban J connectivity index is 2.10. The summed E-state index contributed by atoms with van der Waals surface area (Å²) in [7, 11) is 0. The number of aromatic nitrogens is 1. The first kappa shape index (κ1) is 21.9. The molecule has 0 aliphatic carbocycles. The molecule has 0 saturated heterocycles. The molecule has 156 valence electrons. The van der Waals surface area contributed by atoms with Gasteiger partial charge in [-0.3, -0.25) is 9.78 Å². The van der Waals surface area contributed by atoms with E-state index in [2.05, 4.69) is 4.98 Å². The molecule has 7 heteroatoms. The zero-order chi connectivity index (χ0) is 21.8. The smallest absolute Gasteiger partial charge is 0.305 e. The standard InChI is InChI=1S/C23H21ClFNO4/c1-13-17(8-7-15(27)11-16(28)12-22(29)30)23(18-4-2-3-5-20(18)25)19-10-14(24)6-9-21(19)26-13/h2-10,15-16,27-28H,11-12H2,1H3,(H,29,30)/b8-7+. The number of nitrogens with zero attached hydrogens (tertiary/aromatic N) is 1. The van der Waals surface area contributed by atoms with Crippen LogP contribution in [0.3, 0.4) is 0 Å². The van der Waals surface area contributed by atoms with Crippen molar-refractivity contribution in [1.82, 2.24) is 4.98 Å². The minimum Gasteiger partial charge on any atom is -0.481 e. The zero-order valence-corrected chi connectivity index (χ0v) is 17.0. The van der Waals surface area contributed by atoms with Crippen molar-refractivity contribution < 1.29 is 24.5 Å². The molecular formula is C23H21ClFNO4. The van der Waals surface area contributed by atoms with E-state index in [9.17, 15) is 19.4 Å². The van der Waals surface area contributed by atoms with Gasteiger partial charge in [-0.2, -0.15) is 0 Å². The SMILES string of the molecule is Cc1nc2ccc(Cl)cc2c(-c2ccccc2F)c1/C=C/C(O)CC(O)CC(=O)O. The summed E-state index contributed by atoms with van der Waals surface area (Å²) in [5, 5.41) is 29.8. The number of aliphatic hydroxyl groups excluding tert-OH is 2. The lowest BCUT2D eigenvalue weighted by molar-refractivity contribution is -0.139. The summed E-state index contributed by atoms with van der Waals surface area (Å²) < 4.78 is 14.7. The molecule has 2 aromatic carbocycles. The van der Waals surface area contributed by atoms with E-state index in [1.54, 1.807) is 49.4 Å². The van der Waals surface area contributed by atoms with Crippen molar-refractivity contribution in [3.63, 3.8) is 0 Å². The minimum absolute atomic E-state index is 0.135. The zero-order valence-electron chi connectivity index (χ0n) is 16.2. The second kappa shape index (κ2) is 9.34. The Morgan fingerprint density at radius 3 is 2.67 bits per heavy atom.